The fourth-order valence-electron chi connectivity index (χ4n) is 4.72. The van der Waals surface area contributed by atoms with Crippen molar-refractivity contribution in [3.63, 3.8) is 0 Å². The van der Waals surface area contributed by atoms with Crippen LogP contribution in [0.15, 0.2) is 133 Å². The second-order valence-corrected chi connectivity index (χ2v) is 8.40. The largest absolute Gasteiger partial charge is 0.0622 e. The van der Waals surface area contributed by atoms with Crippen molar-refractivity contribution in [2.24, 2.45) is 0 Å². The van der Waals surface area contributed by atoms with Crippen molar-refractivity contribution in [1.82, 2.24) is 0 Å². The molecule has 0 aliphatic carbocycles. The van der Waals surface area contributed by atoms with Crippen LogP contribution in [0.4, 0.5) is 0 Å². The molecular formula is C34H22. The van der Waals surface area contributed by atoms with E-state index < -0.39 is 0 Å². The first-order valence-electron chi connectivity index (χ1n) is 11.5. The quantitative estimate of drug-likeness (QED) is 0.190. The Labute approximate surface area is 200 Å². The lowest BCUT2D eigenvalue weighted by Gasteiger charge is -2.14. The van der Waals surface area contributed by atoms with Crippen molar-refractivity contribution in [2.75, 3.05) is 0 Å². The van der Waals surface area contributed by atoms with Gasteiger partial charge in [-0.1, -0.05) is 133 Å². The van der Waals surface area contributed by atoms with Gasteiger partial charge in [-0.3, -0.25) is 0 Å². The second kappa shape index (κ2) is 8.74. The molecule has 34 heavy (non-hydrogen) atoms. The lowest BCUT2D eigenvalue weighted by molar-refractivity contribution is 1.59. The molecule has 0 saturated heterocycles. The smallest absolute Gasteiger partial charge is 0.0406 e. The van der Waals surface area contributed by atoms with E-state index in [2.05, 4.69) is 139 Å². The minimum absolute atomic E-state index is 1.02. The van der Waals surface area contributed by atoms with Gasteiger partial charge in [0, 0.05) is 11.1 Å². The van der Waals surface area contributed by atoms with Gasteiger partial charge in [-0.25, -0.2) is 0 Å². The van der Waals surface area contributed by atoms with E-state index in [1.165, 1.54) is 43.8 Å². The number of hydrogen-bond acceptors (Lipinski definition) is 0. The van der Waals surface area contributed by atoms with Gasteiger partial charge in [-0.15, -0.1) is 0 Å². The van der Waals surface area contributed by atoms with E-state index in [9.17, 15) is 0 Å². The molecule has 6 aromatic carbocycles. The third-order valence-electron chi connectivity index (χ3n) is 6.30. The molecule has 6 rings (SSSR count). The molecule has 0 aromatic heterocycles. The van der Waals surface area contributed by atoms with Crippen molar-refractivity contribution < 1.29 is 0 Å². The summed E-state index contributed by atoms with van der Waals surface area (Å²) in [5.74, 6) is 7.02. The first-order chi connectivity index (χ1) is 16.9. The van der Waals surface area contributed by atoms with Gasteiger partial charge in [0.2, 0.25) is 0 Å². The topological polar surface area (TPSA) is 0 Å². The van der Waals surface area contributed by atoms with Crippen LogP contribution in [0, 0.1) is 11.8 Å². The molecule has 0 atom stereocenters. The summed E-state index contributed by atoms with van der Waals surface area (Å²) in [5, 5.41) is 4.84. The Morgan fingerprint density at radius 1 is 0.353 bits per heavy atom. The van der Waals surface area contributed by atoms with Crippen LogP contribution in [-0.2, 0) is 0 Å². The molecule has 6 aromatic rings. The maximum absolute atomic E-state index is 3.55. The van der Waals surface area contributed by atoms with Gasteiger partial charge in [0.25, 0.3) is 0 Å². The molecular weight excluding hydrogens is 408 g/mol. The van der Waals surface area contributed by atoms with E-state index in [1.54, 1.807) is 0 Å². The monoisotopic (exact) mass is 430 g/mol. The number of hydrogen-bond donors (Lipinski definition) is 0. The summed E-state index contributed by atoms with van der Waals surface area (Å²) in [7, 11) is 0. The Morgan fingerprint density at radius 3 is 1.47 bits per heavy atom. The molecule has 158 valence electrons. The van der Waals surface area contributed by atoms with Crippen LogP contribution in [0.2, 0.25) is 0 Å². The van der Waals surface area contributed by atoms with Crippen LogP contribution in [0.1, 0.15) is 11.1 Å². The van der Waals surface area contributed by atoms with Crippen LogP contribution in [0.5, 0.6) is 0 Å². The van der Waals surface area contributed by atoms with E-state index in [4.69, 9.17) is 0 Å². The van der Waals surface area contributed by atoms with Gasteiger partial charge in [-0.2, -0.15) is 0 Å². The highest BCUT2D eigenvalue weighted by atomic mass is 14.2. The third kappa shape index (κ3) is 3.64. The van der Waals surface area contributed by atoms with Gasteiger partial charge >= 0.3 is 0 Å². The molecule has 0 N–H and O–H groups in total. The molecule has 0 aliphatic heterocycles. The molecule has 0 saturated carbocycles. The summed E-state index contributed by atoms with van der Waals surface area (Å²) in [6.07, 6.45) is 0. The maximum Gasteiger partial charge on any atom is 0.0406 e. The van der Waals surface area contributed by atoms with Crippen LogP contribution < -0.4 is 0 Å². The Balaban J connectivity index is 1.57. The summed E-state index contributed by atoms with van der Waals surface area (Å²) in [6, 6.07) is 46.8. The van der Waals surface area contributed by atoms with Gasteiger partial charge in [-0.05, 0) is 55.9 Å². The van der Waals surface area contributed by atoms with Gasteiger partial charge in [0.15, 0.2) is 0 Å². The average Bonchev–Trinajstić information content (AvgIpc) is 2.92. The summed E-state index contributed by atoms with van der Waals surface area (Å²) in [5.41, 5.74) is 6.97. The molecule has 0 radical (unpaired) electrons. The minimum atomic E-state index is 1.02. The summed E-state index contributed by atoms with van der Waals surface area (Å²) in [4.78, 5) is 0. The van der Waals surface area contributed by atoms with Crippen molar-refractivity contribution in [1.29, 1.82) is 0 Å². The summed E-state index contributed by atoms with van der Waals surface area (Å²) >= 11 is 0. The third-order valence-corrected chi connectivity index (χ3v) is 6.30. The first-order valence-corrected chi connectivity index (χ1v) is 11.5. The fraction of sp³-hybridized carbons (Fsp3) is 0. The van der Waals surface area contributed by atoms with Crippen LogP contribution >= 0.6 is 0 Å². The van der Waals surface area contributed by atoms with E-state index >= 15 is 0 Å². The molecule has 0 amide bonds. The van der Waals surface area contributed by atoms with E-state index in [0.29, 0.717) is 0 Å². The molecule has 0 heteroatoms. The van der Waals surface area contributed by atoms with Crippen molar-refractivity contribution in [3.05, 3.63) is 145 Å². The van der Waals surface area contributed by atoms with Crippen molar-refractivity contribution >= 4 is 21.5 Å². The molecule has 0 spiro atoms. The Morgan fingerprint density at radius 2 is 0.853 bits per heavy atom. The summed E-state index contributed by atoms with van der Waals surface area (Å²) < 4.78 is 0. The van der Waals surface area contributed by atoms with Crippen LogP contribution in [-0.4, -0.2) is 0 Å². The zero-order valence-electron chi connectivity index (χ0n) is 18.7. The van der Waals surface area contributed by atoms with Crippen LogP contribution in [0.3, 0.4) is 0 Å². The Bertz CT molecular complexity index is 1620. The number of benzene rings is 6. The lowest BCUT2D eigenvalue weighted by atomic mass is 9.88. The molecule has 0 aliphatic rings. The SMILES string of the molecule is C(#Cc1c2ccccc2c(-c2ccccc2)c2ccccc12)c1cccc(-c2ccccc2)c1. The zero-order valence-corrected chi connectivity index (χ0v) is 18.7. The first kappa shape index (κ1) is 20.0. The van der Waals surface area contributed by atoms with E-state index in [1.807, 2.05) is 6.07 Å². The minimum Gasteiger partial charge on any atom is -0.0622 e. The highest BCUT2D eigenvalue weighted by Gasteiger charge is 2.13. The van der Waals surface area contributed by atoms with Gasteiger partial charge in [0.05, 0.1) is 0 Å². The molecule has 0 unspecified atom stereocenters. The molecule has 0 nitrogen and oxygen atoms in total. The number of rotatable bonds is 2. The number of fused-ring (bicyclic) bond motifs is 2. The zero-order chi connectivity index (χ0) is 22.7. The highest BCUT2D eigenvalue weighted by molar-refractivity contribution is 6.16. The maximum atomic E-state index is 3.55. The summed E-state index contributed by atoms with van der Waals surface area (Å²) in [6.45, 7) is 0. The second-order valence-electron chi connectivity index (χ2n) is 8.40. The highest BCUT2D eigenvalue weighted by Crippen LogP contribution is 2.38. The normalized spacial score (nSPS) is 10.7. The predicted molar refractivity (Wildman–Crippen MR) is 145 cm³/mol. The molecule has 0 fully saturated rings. The molecule has 0 heterocycles. The van der Waals surface area contributed by atoms with E-state index in [0.717, 1.165) is 11.1 Å². The predicted octanol–water partition coefficient (Wildman–Crippen LogP) is 8.73. The Hall–Kier alpha value is -4.60. The van der Waals surface area contributed by atoms with Gasteiger partial charge in [0.1, 0.15) is 0 Å². The molecule has 0 bridgehead atoms. The Kier molecular flexibility index (Phi) is 5.15. The standard InChI is InChI=1S/C34H22/c1-3-13-26(14-4-1)28-17-11-12-25(24-28)22-23-31-29-18-7-9-20-32(29)34(27-15-5-2-6-16-27)33-21-10-8-19-30(31)33/h1-21,24H. The lowest BCUT2D eigenvalue weighted by Crippen LogP contribution is -1.90. The van der Waals surface area contributed by atoms with Crippen LogP contribution in [0.25, 0.3) is 43.8 Å². The van der Waals surface area contributed by atoms with Gasteiger partial charge < -0.3 is 0 Å². The van der Waals surface area contributed by atoms with Crippen molar-refractivity contribution in [3.8, 4) is 34.1 Å². The average molecular weight is 431 g/mol. The van der Waals surface area contributed by atoms with E-state index in [-0.39, 0.29) is 0 Å². The fourth-order valence-corrected chi connectivity index (χ4v) is 4.72. The van der Waals surface area contributed by atoms with Crippen molar-refractivity contribution in [2.45, 2.75) is 0 Å².